The van der Waals surface area contributed by atoms with Gasteiger partial charge < -0.3 is 15.7 Å². The van der Waals surface area contributed by atoms with Gasteiger partial charge in [0.2, 0.25) is 0 Å². The number of nitrogens with two attached hydrogens (primary N) is 1. The van der Waals surface area contributed by atoms with Gasteiger partial charge in [-0.15, -0.1) is 0 Å². The summed E-state index contributed by atoms with van der Waals surface area (Å²) in [7, 11) is 1.79. The topological polar surface area (TPSA) is 83.6 Å². The van der Waals surface area contributed by atoms with Gasteiger partial charge in [-0.25, -0.2) is 0 Å². The molecule has 0 saturated carbocycles. The molecule has 1 rings (SSSR count). The summed E-state index contributed by atoms with van der Waals surface area (Å²) in [5, 5.41) is 8.54. The molecule has 0 aromatic rings. The predicted octanol–water partition coefficient (Wildman–Crippen LogP) is -0.647. The Bertz CT molecular complexity index is 320. The predicted molar refractivity (Wildman–Crippen MR) is 50.5 cm³/mol. The Morgan fingerprint density at radius 3 is 2.79 bits per heavy atom. The molecule has 0 spiro atoms. The number of aliphatic carboxylic acids is 1. The maximum absolute atomic E-state index is 11.4. The number of Topliss-reactive ketones (excluding diaryl/α,β-unsaturated/α-hetero) is 1. The Balaban J connectivity index is 2.79. The van der Waals surface area contributed by atoms with E-state index in [9.17, 15) is 9.59 Å². The van der Waals surface area contributed by atoms with Crippen LogP contribution in [0.5, 0.6) is 0 Å². The minimum atomic E-state index is -1.47. The number of likely N-dealkylation sites (N-methyl/N-ethyl adjacent to an activating group) is 1. The number of carboxylic acid groups (broad SMARTS) is 1. The lowest BCUT2D eigenvalue weighted by Gasteiger charge is -2.17. The Morgan fingerprint density at radius 1 is 1.64 bits per heavy atom. The molecule has 0 amide bonds. The number of hydrogen-bond donors (Lipinski definition) is 2. The zero-order valence-corrected chi connectivity index (χ0v) is 7.80. The van der Waals surface area contributed by atoms with Gasteiger partial charge in [0.1, 0.15) is 0 Å². The Morgan fingerprint density at radius 2 is 2.29 bits per heavy atom. The van der Waals surface area contributed by atoms with Gasteiger partial charge in [0.25, 0.3) is 0 Å². The molecular formula is C9H12N2O3. The number of rotatable bonds is 3. The number of carbonyl (C=O) groups excluding carboxylic acids is 1. The van der Waals surface area contributed by atoms with Crippen LogP contribution in [0, 0.1) is 0 Å². The molecule has 1 unspecified atom stereocenters. The molecular weight excluding hydrogens is 184 g/mol. The minimum absolute atomic E-state index is 0.327. The highest BCUT2D eigenvalue weighted by atomic mass is 16.4. The van der Waals surface area contributed by atoms with Crippen molar-refractivity contribution in [1.29, 1.82) is 0 Å². The molecule has 3 N–H and O–H groups in total. The van der Waals surface area contributed by atoms with Crippen LogP contribution < -0.4 is 5.73 Å². The number of hydrogen-bond acceptors (Lipinski definition) is 4. The van der Waals surface area contributed by atoms with E-state index in [1.807, 2.05) is 0 Å². The van der Waals surface area contributed by atoms with Crippen LogP contribution in [-0.4, -0.2) is 41.4 Å². The first-order valence-electron chi connectivity index (χ1n) is 4.13. The van der Waals surface area contributed by atoms with Gasteiger partial charge in [0.05, 0.1) is 0 Å². The van der Waals surface area contributed by atoms with Gasteiger partial charge in [-0.3, -0.25) is 9.59 Å². The largest absolute Gasteiger partial charge is 0.480 e. The summed E-state index contributed by atoms with van der Waals surface area (Å²) in [5.41, 5.74) is 5.52. The highest BCUT2D eigenvalue weighted by Gasteiger charge is 2.24. The smallest absolute Gasteiger partial charge is 0.328 e. The molecule has 14 heavy (non-hydrogen) atoms. The van der Waals surface area contributed by atoms with Crippen molar-refractivity contribution in [3.8, 4) is 0 Å². The molecule has 0 saturated heterocycles. The van der Waals surface area contributed by atoms with Crippen molar-refractivity contribution in [2.45, 2.75) is 6.04 Å². The van der Waals surface area contributed by atoms with E-state index in [1.54, 1.807) is 30.3 Å². The molecule has 0 aromatic heterocycles. The van der Waals surface area contributed by atoms with Gasteiger partial charge in [0.15, 0.2) is 11.8 Å². The monoisotopic (exact) mass is 196 g/mol. The maximum Gasteiger partial charge on any atom is 0.328 e. The fourth-order valence-electron chi connectivity index (χ4n) is 1.12. The highest BCUT2D eigenvalue weighted by Crippen LogP contribution is 2.08. The molecule has 0 fully saturated rings. The number of carboxylic acids is 1. The van der Waals surface area contributed by atoms with Crippen molar-refractivity contribution in [2.24, 2.45) is 5.73 Å². The average Bonchev–Trinajstić information content (AvgIpc) is 2.15. The van der Waals surface area contributed by atoms with Crippen molar-refractivity contribution < 1.29 is 14.7 Å². The second-order valence-corrected chi connectivity index (χ2v) is 3.11. The first-order valence-corrected chi connectivity index (χ1v) is 4.13. The van der Waals surface area contributed by atoms with E-state index in [1.165, 1.54) is 0 Å². The highest BCUT2D eigenvalue weighted by molar-refractivity contribution is 6.12. The second kappa shape index (κ2) is 4.06. The Labute approximate surface area is 81.5 Å². The van der Waals surface area contributed by atoms with E-state index in [0.717, 1.165) is 0 Å². The lowest BCUT2D eigenvalue weighted by atomic mass is 10.0. The summed E-state index contributed by atoms with van der Waals surface area (Å²) < 4.78 is 0. The number of ketones is 1. The van der Waals surface area contributed by atoms with Crippen LogP contribution in [0.2, 0.25) is 0 Å². The fourth-order valence-corrected chi connectivity index (χ4v) is 1.12. The van der Waals surface area contributed by atoms with E-state index in [4.69, 9.17) is 10.8 Å². The first-order chi connectivity index (χ1) is 6.52. The van der Waals surface area contributed by atoms with Gasteiger partial charge in [-0.05, 0) is 0 Å². The van der Waals surface area contributed by atoms with Crippen molar-refractivity contribution in [3.05, 3.63) is 23.9 Å². The van der Waals surface area contributed by atoms with Gasteiger partial charge >= 0.3 is 5.97 Å². The van der Waals surface area contributed by atoms with E-state index in [-0.39, 0.29) is 0 Å². The second-order valence-electron chi connectivity index (χ2n) is 3.11. The molecule has 1 atom stereocenters. The van der Waals surface area contributed by atoms with E-state index in [0.29, 0.717) is 12.1 Å². The average molecular weight is 196 g/mol. The van der Waals surface area contributed by atoms with Crippen LogP contribution in [0.4, 0.5) is 0 Å². The molecule has 0 aliphatic carbocycles. The molecule has 1 heterocycles. The quantitative estimate of drug-likeness (QED) is 0.586. The summed E-state index contributed by atoms with van der Waals surface area (Å²) in [4.78, 5) is 23.7. The summed E-state index contributed by atoms with van der Waals surface area (Å²) in [6.45, 7) is 0.707. The van der Waals surface area contributed by atoms with Crippen molar-refractivity contribution in [2.75, 3.05) is 13.6 Å². The molecule has 5 nitrogen and oxygen atoms in total. The molecule has 0 radical (unpaired) electrons. The third kappa shape index (κ3) is 2.20. The zero-order chi connectivity index (χ0) is 10.7. The van der Waals surface area contributed by atoms with Gasteiger partial charge in [-0.1, -0.05) is 12.2 Å². The van der Waals surface area contributed by atoms with Crippen LogP contribution in [0.25, 0.3) is 0 Å². The summed E-state index contributed by atoms with van der Waals surface area (Å²) in [6, 6.07) is -1.47. The SMILES string of the molecule is CN1C=C(C(=O)C(N)C(=O)O)C=CC1. The Hall–Kier alpha value is -1.62. The first kappa shape index (κ1) is 10.5. The summed E-state index contributed by atoms with van der Waals surface area (Å²) in [5.74, 6) is -1.88. The van der Waals surface area contributed by atoms with E-state index < -0.39 is 17.8 Å². The number of carbonyl (C=O) groups is 2. The number of nitrogens with zero attached hydrogens (tertiary/aromatic N) is 1. The minimum Gasteiger partial charge on any atom is -0.480 e. The summed E-state index contributed by atoms with van der Waals surface area (Å²) in [6.07, 6.45) is 4.96. The number of allylic oxidation sites excluding steroid dienone is 1. The van der Waals surface area contributed by atoms with E-state index in [2.05, 4.69) is 0 Å². The van der Waals surface area contributed by atoms with Gasteiger partial charge in [-0.2, -0.15) is 0 Å². The third-order valence-electron chi connectivity index (χ3n) is 1.88. The maximum atomic E-state index is 11.4. The molecule has 76 valence electrons. The van der Waals surface area contributed by atoms with Crippen LogP contribution in [0.15, 0.2) is 23.9 Å². The lowest BCUT2D eigenvalue weighted by Crippen LogP contribution is -2.39. The van der Waals surface area contributed by atoms with Crippen LogP contribution in [0.1, 0.15) is 0 Å². The standard InChI is InChI=1S/C9H12N2O3/c1-11-4-2-3-6(5-11)8(12)7(10)9(13)14/h2-3,5,7H,4,10H2,1H3,(H,13,14). The van der Waals surface area contributed by atoms with Crippen molar-refractivity contribution in [1.82, 2.24) is 4.90 Å². The van der Waals surface area contributed by atoms with Crippen LogP contribution >= 0.6 is 0 Å². The van der Waals surface area contributed by atoms with Gasteiger partial charge in [0, 0.05) is 25.4 Å². The van der Waals surface area contributed by atoms with Crippen LogP contribution in [-0.2, 0) is 9.59 Å². The van der Waals surface area contributed by atoms with Crippen molar-refractivity contribution >= 4 is 11.8 Å². The zero-order valence-electron chi connectivity index (χ0n) is 7.80. The van der Waals surface area contributed by atoms with E-state index >= 15 is 0 Å². The molecule has 5 heteroatoms. The Kier molecular flexibility index (Phi) is 3.03. The fraction of sp³-hybridized carbons (Fsp3) is 0.333. The third-order valence-corrected chi connectivity index (χ3v) is 1.88. The van der Waals surface area contributed by atoms with Crippen molar-refractivity contribution in [3.63, 3.8) is 0 Å². The summed E-state index contributed by atoms with van der Waals surface area (Å²) >= 11 is 0. The molecule has 0 bridgehead atoms. The molecule has 1 aliphatic heterocycles. The molecule has 0 aromatic carbocycles. The molecule has 1 aliphatic rings. The normalized spacial score (nSPS) is 17.6. The van der Waals surface area contributed by atoms with Crippen LogP contribution in [0.3, 0.4) is 0 Å². The lowest BCUT2D eigenvalue weighted by molar-refractivity contribution is -0.141.